The Morgan fingerprint density at radius 3 is 3.06 bits per heavy atom. The first-order chi connectivity index (χ1) is 8.24. The summed E-state index contributed by atoms with van der Waals surface area (Å²) in [5.74, 6) is 1.47. The van der Waals surface area contributed by atoms with Crippen LogP contribution in [0.25, 0.3) is 0 Å². The summed E-state index contributed by atoms with van der Waals surface area (Å²) in [5.41, 5.74) is 0.580. The van der Waals surface area contributed by atoms with E-state index in [0.29, 0.717) is 11.5 Å². The number of hydrogen-bond donors (Lipinski definition) is 0. The lowest BCUT2D eigenvalue weighted by Crippen LogP contribution is -2.35. The Hall–Kier alpha value is -1.28. The Morgan fingerprint density at radius 2 is 2.41 bits per heavy atom. The van der Waals surface area contributed by atoms with Crippen molar-refractivity contribution in [3.05, 3.63) is 11.8 Å². The summed E-state index contributed by atoms with van der Waals surface area (Å²) in [6.45, 7) is 4.22. The van der Waals surface area contributed by atoms with Crippen molar-refractivity contribution in [3.8, 4) is 6.07 Å². The summed E-state index contributed by atoms with van der Waals surface area (Å²) in [7, 11) is 0. The van der Waals surface area contributed by atoms with Gasteiger partial charge in [0, 0.05) is 13.1 Å². The molecule has 1 aliphatic rings. The normalized spacial score (nSPS) is 20.1. The molecule has 1 unspecified atom stereocenters. The van der Waals surface area contributed by atoms with E-state index >= 15 is 0 Å². The van der Waals surface area contributed by atoms with Gasteiger partial charge < -0.3 is 4.90 Å². The fraction of sp³-hybridized carbons (Fsp3) is 0.583. The van der Waals surface area contributed by atoms with Crippen molar-refractivity contribution in [1.82, 2.24) is 9.97 Å². The maximum absolute atomic E-state index is 9.12. The highest BCUT2D eigenvalue weighted by Crippen LogP contribution is 2.25. The van der Waals surface area contributed by atoms with Gasteiger partial charge in [-0.2, -0.15) is 5.26 Å². The van der Waals surface area contributed by atoms with Crippen LogP contribution in [-0.4, -0.2) is 29.3 Å². The number of nitrogens with zero attached hydrogens (tertiary/aromatic N) is 4. The first-order valence-electron chi connectivity index (χ1n) is 5.80. The summed E-state index contributed by atoms with van der Waals surface area (Å²) in [5, 5.41) is 9.85. The average Bonchev–Trinajstić information content (AvgIpc) is 2.38. The van der Waals surface area contributed by atoms with Gasteiger partial charge in [-0.25, -0.2) is 9.97 Å². The second kappa shape index (κ2) is 5.37. The molecule has 0 N–H and O–H groups in total. The highest BCUT2D eigenvalue weighted by molar-refractivity contribution is 7.98. The standard InChI is InChI=1S/C12H16N4S/c1-9-4-3-5-16(8-9)11-10(6-13)7-14-12(15-11)17-2/h7,9H,3-5,8H2,1-2H3. The van der Waals surface area contributed by atoms with Gasteiger partial charge >= 0.3 is 0 Å². The number of piperidine rings is 1. The number of nitriles is 1. The number of hydrogen-bond acceptors (Lipinski definition) is 5. The zero-order valence-electron chi connectivity index (χ0n) is 10.2. The SMILES string of the molecule is CSc1ncc(C#N)c(N2CCCC(C)C2)n1. The molecule has 1 aliphatic heterocycles. The van der Waals surface area contributed by atoms with Crippen LogP contribution in [0.3, 0.4) is 0 Å². The molecule has 0 aliphatic carbocycles. The van der Waals surface area contributed by atoms with Gasteiger partial charge in [-0.05, 0) is 25.0 Å². The predicted octanol–water partition coefficient (Wildman–Crippen LogP) is 2.31. The second-order valence-electron chi connectivity index (χ2n) is 4.40. The molecular weight excluding hydrogens is 232 g/mol. The van der Waals surface area contributed by atoms with E-state index < -0.39 is 0 Å². The fourth-order valence-corrected chi connectivity index (χ4v) is 2.49. The molecule has 0 bridgehead atoms. The minimum atomic E-state index is 0.580. The third-order valence-corrected chi connectivity index (χ3v) is 3.57. The van der Waals surface area contributed by atoms with Crippen molar-refractivity contribution in [2.24, 2.45) is 5.92 Å². The van der Waals surface area contributed by atoms with E-state index in [1.807, 2.05) is 6.26 Å². The van der Waals surface area contributed by atoms with E-state index in [9.17, 15) is 0 Å². The molecule has 0 saturated carbocycles. The molecule has 1 aromatic heterocycles. The van der Waals surface area contributed by atoms with Crippen LogP contribution in [0.15, 0.2) is 11.4 Å². The third-order valence-electron chi connectivity index (χ3n) is 3.01. The van der Waals surface area contributed by atoms with Gasteiger partial charge in [0.1, 0.15) is 11.6 Å². The Kier molecular flexibility index (Phi) is 3.85. The molecular formula is C12H16N4S. The number of thioether (sulfide) groups is 1. The number of aromatic nitrogens is 2. The van der Waals surface area contributed by atoms with E-state index in [2.05, 4.69) is 27.9 Å². The molecule has 0 aromatic carbocycles. The van der Waals surface area contributed by atoms with Crippen LogP contribution in [-0.2, 0) is 0 Å². The van der Waals surface area contributed by atoms with Gasteiger partial charge in [0.15, 0.2) is 11.0 Å². The number of rotatable bonds is 2. The zero-order valence-corrected chi connectivity index (χ0v) is 11.0. The molecule has 1 fully saturated rings. The maximum Gasteiger partial charge on any atom is 0.189 e. The van der Waals surface area contributed by atoms with Gasteiger partial charge in [-0.1, -0.05) is 18.7 Å². The first-order valence-corrected chi connectivity index (χ1v) is 7.03. The highest BCUT2D eigenvalue weighted by atomic mass is 32.2. The topological polar surface area (TPSA) is 52.8 Å². The van der Waals surface area contributed by atoms with Crippen molar-refractivity contribution in [2.75, 3.05) is 24.2 Å². The molecule has 0 spiro atoms. The Bertz CT molecular complexity index is 441. The Balaban J connectivity index is 2.32. The molecule has 1 aromatic rings. The van der Waals surface area contributed by atoms with Crippen LogP contribution in [0.5, 0.6) is 0 Å². The van der Waals surface area contributed by atoms with Gasteiger partial charge in [0.05, 0.1) is 6.20 Å². The number of anilines is 1. The summed E-state index contributed by atoms with van der Waals surface area (Å²) >= 11 is 1.51. The van der Waals surface area contributed by atoms with Crippen LogP contribution in [0.4, 0.5) is 5.82 Å². The van der Waals surface area contributed by atoms with E-state index in [4.69, 9.17) is 5.26 Å². The van der Waals surface area contributed by atoms with Crippen LogP contribution >= 0.6 is 11.8 Å². The monoisotopic (exact) mass is 248 g/mol. The van der Waals surface area contributed by atoms with Gasteiger partial charge in [0.2, 0.25) is 0 Å². The van der Waals surface area contributed by atoms with Gasteiger partial charge in [-0.15, -0.1) is 0 Å². The lowest BCUT2D eigenvalue weighted by Gasteiger charge is -2.32. The minimum Gasteiger partial charge on any atom is -0.355 e. The van der Waals surface area contributed by atoms with Crippen molar-refractivity contribution in [1.29, 1.82) is 5.26 Å². The molecule has 1 saturated heterocycles. The smallest absolute Gasteiger partial charge is 0.189 e. The molecule has 1 atom stereocenters. The first kappa shape index (κ1) is 12.2. The molecule has 5 heteroatoms. The summed E-state index contributed by atoms with van der Waals surface area (Å²) in [6.07, 6.45) is 6.01. The average molecular weight is 248 g/mol. The molecule has 17 heavy (non-hydrogen) atoms. The van der Waals surface area contributed by atoms with Crippen LogP contribution < -0.4 is 4.90 Å². The molecule has 0 radical (unpaired) electrons. The van der Waals surface area contributed by atoms with E-state index in [1.165, 1.54) is 24.6 Å². The third kappa shape index (κ3) is 2.70. The minimum absolute atomic E-state index is 0.580. The quantitative estimate of drug-likeness (QED) is 0.594. The van der Waals surface area contributed by atoms with Crippen molar-refractivity contribution < 1.29 is 0 Å². The van der Waals surface area contributed by atoms with Gasteiger partial charge in [0.25, 0.3) is 0 Å². The van der Waals surface area contributed by atoms with Crippen molar-refractivity contribution >= 4 is 17.6 Å². The molecule has 4 nitrogen and oxygen atoms in total. The second-order valence-corrected chi connectivity index (χ2v) is 5.17. The van der Waals surface area contributed by atoms with Gasteiger partial charge in [-0.3, -0.25) is 0 Å². The Labute approximate surface area is 106 Å². The predicted molar refractivity (Wildman–Crippen MR) is 69.1 cm³/mol. The van der Waals surface area contributed by atoms with E-state index in [1.54, 1.807) is 6.20 Å². The summed E-state index contributed by atoms with van der Waals surface area (Å²) < 4.78 is 0. The van der Waals surface area contributed by atoms with E-state index in [-0.39, 0.29) is 0 Å². The maximum atomic E-state index is 9.12. The summed E-state index contributed by atoms with van der Waals surface area (Å²) in [4.78, 5) is 10.8. The van der Waals surface area contributed by atoms with Crippen LogP contribution in [0, 0.1) is 17.2 Å². The molecule has 0 amide bonds. The summed E-state index contributed by atoms with van der Waals surface area (Å²) in [6, 6.07) is 2.18. The van der Waals surface area contributed by atoms with Crippen LogP contribution in [0.2, 0.25) is 0 Å². The molecule has 90 valence electrons. The van der Waals surface area contributed by atoms with Crippen molar-refractivity contribution in [3.63, 3.8) is 0 Å². The van der Waals surface area contributed by atoms with E-state index in [0.717, 1.165) is 24.1 Å². The molecule has 2 rings (SSSR count). The lowest BCUT2D eigenvalue weighted by molar-refractivity contribution is 0.443. The zero-order chi connectivity index (χ0) is 12.3. The van der Waals surface area contributed by atoms with Crippen molar-refractivity contribution in [2.45, 2.75) is 24.9 Å². The van der Waals surface area contributed by atoms with Crippen LogP contribution in [0.1, 0.15) is 25.3 Å². The Morgan fingerprint density at radius 1 is 1.59 bits per heavy atom. The largest absolute Gasteiger partial charge is 0.355 e. The fourth-order valence-electron chi connectivity index (χ4n) is 2.16. The highest BCUT2D eigenvalue weighted by Gasteiger charge is 2.20. The lowest BCUT2D eigenvalue weighted by atomic mass is 10.00. The molecule has 2 heterocycles.